The molecule has 0 spiro atoms. The Hall–Kier alpha value is -4.04. The third-order valence-electron chi connectivity index (χ3n) is 5.10. The molecule has 34 heavy (non-hydrogen) atoms. The van der Waals surface area contributed by atoms with E-state index in [2.05, 4.69) is 5.16 Å². The Morgan fingerprint density at radius 3 is 1.82 bits per heavy atom. The van der Waals surface area contributed by atoms with Crippen LogP contribution in [-0.4, -0.2) is 53.5 Å². The predicted octanol–water partition coefficient (Wildman–Crippen LogP) is 4.11. The lowest BCUT2D eigenvalue weighted by Crippen LogP contribution is -2.24. The number of hydrogen-bond acceptors (Lipinski definition) is 7. The maximum atomic E-state index is 11.1. The van der Waals surface area contributed by atoms with Crippen LogP contribution in [0.25, 0.3) is 0 Å². The second-order valence-corrected chi connectivity index (χ2v) is 7.48. The lowest BCUT2D eigenvalue weighted by atomic mass is 10.0. The van der Waals surface area contributed by atoms with Crippen molar-refractivity contribution in [2.45, 2.75) is 18.9 Å². The molecule has 8 heteroatoms. The van der Waals surface area contributed by atoms with Crippen LogP contribution in [0.1, 0.15) is 23.1 Å². The van der Waals surface area contributed by atoms with Gasteiger partial charge in [-0.2, -0.15) is 0 Å². The number of carbonyl (C=O) groups is 1. The number of carboxylic acids is 1. The molecule has 0 bridgehead atoms. The van der Waals surface area contributed by atoms with E-state index in [0.29, 0.717) is 54.4 Å². The molecule has 3 aromatic carbocycles. The largest absolute Gasteiger partial charge is 0.508 e. The van der Waals surface area contributed by atoms with Crippen LogP contribution < -0.4 is 9.47 Å². The number of oxime groups is 1. The van der Waals surface area contributed by atoms with Gasteiger partial charge in [0.15, 0.2) is 6.10 Å². The third-order valence-corrected chi connectivity index (χ3v) is 5.10. The van der Waals surface area contributed by atoms with Crippen LogP contribution in [0, 0.1) is 0 Å². The zero-order valence-corrected chi connectivity index (χ0v) is 18.8. The molecule has 1 atom stereocenters. The number of nitrogens with zero attached hydrogens (tertiary/aromatic N) is 1. The SMILES string of the molecule is CO[C@@H](Cc1ccc(OCCCOc2ccc(/C(=N/O)c3ccc(O)cc3)cc2)cc1)C(=O)O. The molecule has 0 saturated carbocycles. The van der Waals surface area contributed by atoms with Crippen molar-refractivity contribution in [3.8, 4) is 17.2 Å². The van der Waals surface area contributed by atoms with Crippen molar-refractivity contribution in [1.82, 2.24) is 0 Å². The van der Waals surface area contributed by atoms with Crippen LogP contribution >= 0.6 is 0 Å². The summed E-state index contributed by atoms with van der Waals surface area (Å²) in [4.78, 5) is 11.1. The highest BCUT2D eigenvalue weighted by Gasteiger charge is 2.16. The molecule has 0 amide bonds. The van der Waals surface area contributed by atoms with Gasteiger partial charge in [0.25, 0.3) is 0 Å². The zero-order chi connectivity index (χ0) is 24.3. The van der Waals surface area contributed by atoms with Crippen LogP contribution in [-0.2, 0) is 16.0 Å². The predicted molar refractivity (Wildman–Crippen MR) is 126 cm³/mol. The Kier molecular flexibility index (Phi) is 8.88. The number of ether oxygens (including phenoxy) is 3. The van der Waals surface area contributed by atoms with Crippen molar-refractivity contribution in [2.24, 2.45) is 5.16 Å². The second-order valence-electron chi connectivity index (χ2n) is 7.48. The highest BCUT2D eigenvalue weighted by atomic mass is 16.5. The molecule has 3 aromatic rings. The first-order chi connectivity index (χ1) is 16.5. The first kappa shape index (κ1) is 24.6. The number of aliphatic carboxylic acids is 1. The Balaban J connectivity index is 1.42. The number of phenolic OH excluding ortho intramolecular Hbond substituents is 1. The number of methoxy groups -OCH3 is 1. The Bertz CT molecular complexity index is 1080. The van der Waals surface area contributed by atoms with Crippen molar-refractivity contribution in [3.05, 3.63) is 89.5 Å². The standard InChI is InChI=1S/C26H27NO7/c1-32-24(26(29)30)17-18-3-11-22(12-4-18)33-15-2-16-34-23-13-7-20(8-14-23)25(27-31)19-5-9-21(28)10-6-19/h3-14,24,28,31H,2,15-17H2,1H3,(H,29,30)/b27-25+/t24-/m0/s1. The van der Waals surface area contributed by atoms with Crippen LogP contribution in [0.4, 0.5) is 0 Å². The first-order valence-corrected chi connectivity index (χ1v) is 10.7. The summed E-state index contributed by atoms with van der Waals surface area (Å²) in [6.45, 7) is 0.930. The number of benzene rings is 3. The van der Waals surface area contributed by atoms with Gasteiger partial charge in [-0.25, -0.2) is 4.79 Å². The van der Waals surface area contributed by atoms with Crippen LogP contribution in [0.2, 0.25) is 0 Å². The summed E-state index contributed by atoms with van der Waals surface area (Å²) in [5.74, 6) is 0.531. The molecule has 0 radical (unpaired) electrons. The van der Waals surface area contributed by atoms with E-state index in [1.807, 2.05) is 12.1 Å². The molecule has 0 aliphatic carbocycles. The van der Waals surface area contributed by atoms with Crippen LogP contribution in [0.5, 0.6) is 17.2 Å². The second kappa shape index (κ2) is 12.3. The van der Waals surface area contributed by atoms with E-state index in [1.165, 1.54) is 19.2 Å². The minimum Gasteiger partial charge on any atom is -0.508 e. The van der Waals surface area contributed by atoms with Gasteiger partial charge in [0.1, 0.15) is 23.0 Å². The van der Waals surface area contributed by atoms with E-state index < -0.39 is 12.1 Å². The molecule has 8 nitrogen and oxygen atoms in total. The number of rotatable bonds is 12. The van der Waals surface area contributed by atoms with Gasteiger partial charge in [-0.05, 0) is 66.2 Å². The minimum absolute atomic E-state index is 0.140. The average Bonchev–Trinajstić information content (AvgIpc) is 2.85. The van der Waals surface area contributed by atoms with Crippen LogP contribution in [0.15, 0.2) is 78.0 Å². The van der Waals surface area contributed by atoms with Gasteiger partial charge in [0.05, 0.1) is 13.2 Å². The monoisotopic (exact) mass is 465 g/mol. The van der Waals surface area contributed by atoms with Gasteiger partial charge in [0, 0.05) is 31.1 Å². The Labute approximate surface area is 197 Å². The molecule has 0 unspecified atom stereocenters. The maximum absolute atomic E-state index is 11.1. The van der Waals surface area contributed by atoms with E-state index in [1.54, 1.807) is 48.5 Å². The highest BCUT2D eigenvalue weighted by molar-refractivity contribution is 6.12. The Morgan fingerprint density at radius 2 is 1.35 bits per heavy atom. The normalized spacial score (nSPS) is 12.2. The molecule has 3 rings (SSSR count). The van der Waals surface area contributed by atoms with E-state index in [4.69, 9.17) is 19.3 Å². The van der Waals surface area contributed by atoms with Crippen molar-refractivity contribution in [2.75, 3.05) is 20.3 Å². The molecule has 0 aliphatic heterocycles. The van der Waals surface area contributed by atoms with Gasteiger partial charge < -0.3 is 29.6 Å². The van der Waals surface area contributed by atoms with E-state index in [-0.39, 0.29) is 5.75 Å². The fourth-order valence-corrected chi connectivity index (χ4v) is 3.26. The number of phenols is 1. The average molecular weight is 466 g/mol. The smallest absolute Gasteiger partial charge is 0.333 e. The van der Waals surface area contributed by atoms with Crippen LogP contribution in [0.3, 0.4) is 0 Å². The van der Waals surface area contributed by atoms with E-state index in [9.17, 15) is 15.1 Å². The molecule has 0 aliphatic rings. The van der Waals surface area contributed by atoms with Gasteiger partial charge in [-0.1, -0.05) is 17.3 Å². The molecule has 0 aromatic heterocycles. The lowest BCUT2D eigenvalue weighted by Gasteiger charge is -2.11. The number of carboxylic acid groups (broad SMARTS) is 1. The first-order valence-electron chi connectivity index (χ1n) is 10.7. The summed E-state index contributed by atoms with van der Waals surface area (Å²) in [5, 5.41) is 31.3. The summed E-state index contributed by atoms with van der Waals surface area (Å²) in [7, 11) is 1.38. The van der Waals surface area contributed by atoms with Gasteiger partial charge >= 0.3 is 5.97 Å². The van der Waals surface area contributed by atoms with Crippen molar-refractivity contribution in [1.29, 1.82) is 0 Å². The molecule has 178 valence electrons. The lowest BCUT2D eigenvalue weighted by molar-refractivity contribution is -0.148. The zero-order valence-electron chi connectivity index (χ0n) is 18.8. The summed E-state index contributed by atoms with van der Waals surface area (Å²) in [5.41, 5.74) is 2.65. The summed E-state index contributed by atoms with van der Waals surface area (Å²) >= 11 is 0. The topological polar surface area (TPSA) is 118 Å². The fraction of sp³-hybridized carbons (Fsp3) is 0.231. The summed E-state index contributed by atoms with van der Waals surface area (Å²) in [6, 6.07) is 20.9. The molecule has 3 N–H and O–H groups in total. The molecular formula is C26H27NO7. The molecular weight excluding hydrogens is 438 g/mol. The van der Waals surface area contributed by atoms with E-state index in [0.717, 1.165) is 5.56 Å². The molecule has 0 fully saturated rings. The van der Waals surface area contributed by atoms with Crippen molar-refractivity contribution >= 4 is 11.7 Å². The Morgan fingerprint density at radius 1 is 0.853 bits per heavy atom. The van der Waals surface area contributed by atoms with Gasteiger partial charge in [0.2, 0.25) is 0 Å². The fourth-order valence-electron chi connectivity index (χ4n) is 3.26. The number of aromatic hydroxyl groups is 1. The highest BCUT2D eigenvalue weighted by Crippen LogP contribution is 2.19. The van der Waals surface area contributed by atoms with E-state index >= 15 is 0 Å². The van der Waals surface area contributed by atoms with Crippen molar-refractivity contribution in [3.63, 3.8) is 0 Å². The minimum atomic E-state index is -0.989. The third kappa shape index (κ3) is 6.98. The molecule has 0 saturated heterocycles. The summed E-state index contributed by atoms with van der Waals surface area (Å²) < 4.78 is 16.4. The maximum Gasteiger partial charge on any atom is 0.333 e. The summed E-state index contributed by atoms with van der Waals surface area (Å²) in [6.07, 6.45) is 0.0954. The quantitative estimate of drug-likeness (QED) is 0.159. The number of hydrogen-bond donors (Lipinski definition) is 3. The van der Waals surface area contributed by atoms with Gasteiger partial charge in [-0.3, -0.25) is 0 Å². The van der Waals surface area contributed by atoms with Crippen molar-refractivity contribution < 1.29 is 34.4 Å². The van der Waals surface area contributed by atoms with Gasteiger partial charge in [-0.15, -0.1) is 0 Å². The molecule has 0 heterocycles.